The Morgan fingerprint density at radius 2 is 1.84 bits per heavy atom. The van der Waals surface area contributed by atoms with Gasteiger partial charge in [-0.3, -0.25) is 9.59 Å². The van der Waals surface area contributed by atoms with E-state index in [0.717, 1.165) is 17.5 Å². The largest absolute Gasteiger partial charge is 0.468 e. The lowest BCUT2D eigenvalue weighted by Gasteiger charge is -2.29. The van der Waals surface area contributed by atoms with Crippen LogP contribution in [0.3, 0.4) is 0 Å². The smallest absolute Gasteiger partial charge is 0.323 e. The van der Waals surface area contributed by atoms with Crippen LogP contribution in [0.4, 0.5) is 0 Å². The molecule has 1 aromatic carbocycles. The molecule has 1 heterocycles. The van der Waals surface area contributed by atoms with Crippen LogP contribution in [-0.4, -0.2) is 32.8 Å². The maximum Gasteiger partial charge on any atom is 0.323 e. The van der Waals surface area contributed by atoms with E-state index < -0.39 is 24.0 Å². The predicted molar refractivity (Wildman–Crippen MR) is 66.4 cm³/mol. The highest BCUT2D eigenvalue weighted by Gasteiger charge is 2.40. The van der Waals surface area contributed by atoms with Crippen molar-refractivity contribution in [2.75, 3.05) is 20.8 Å². The zero-order valence-electron chi connectivity index (χ0n) is 10.9. The summed E-state index contributed by atoms with van der Waals surface area (Å²) >= 11 is 0. The van der Waals surface area contributed by atoms with Gasteiger partial charge in [0.2, 0.25) is 0 Å². The molecule has 1 aromatic rings. The molecule has 0 bridgehead atoms. The molecular weight excluding hydrogens is 248 g/mol. The number of carbonyl (C=O) groups is 2. The van der Waals surface area contributed by atoms with E-state index in [-0.39, 0.29) is 0 Å². The Hall–Kier alpha value is -1.88. The Morgan fingerprint density at radius 1 is 1.21 bits per heavy atom. The van der Waals surface area contributed by atoms with E-state index in [4.69, 9.17) is 4.74 Å². The molecular formula is C14H16O5. The highest BCUT2D eigenvalue weighted by Crippen LogP contribution is 2.34. The normalized spacial score (nSPS) is 17.7. The molecule has 0 aromatic heterocycles. The summed E-state index contributed by atoms with van der Waals surface area (Å²) in [6.45, 7) is 0.464. The second-order valence-electron chi connectivity index (χ2n) is 4.26. The van der Waals surface area contributed by atoms with E-state index in [1.807, 2.05) is 24.3 Å². The predicted octanol–water partition coefficient (Wildman–Crippen LogP) is 1.26. The van der Waals surface area contributed by atoms with Crippen LogP contribution in [0.5, 0.6) is 0 Å². The number of hydrogen-bond acceptors (Lipinski definition) is 5. The van der Waals surface area contributed by atoms with Crippen molar-refractivity contribution < 1.29 is 23.8 Å². The van der Waals surface area contributed by atoms with Crippen molar-refractivity contribution in [1.29, 1.82) is 0 Å². The van der Waals surface area contributed by atoms with Crippen LogP contribution in [-0.2, 0) is 30.2 Å². The third-order valence-corrected chi connectivity index (χ3v) is 3.24. The minimum atomic E-state index is -1.09. The maximum absolute atomic E-state index is 11.8. The number of rotatable bonds is 3. The highest BCUT2D eigenvalue weighted by molar-refractivity contribution is 5.95. The lowest BCUT2D eigenvalue weighted by Crippen LogP contribution is -2.35. The fourth-order valence-corrected chi connectivity index (χ4v) is 2.30. The number of methoxy groups -OCH3 is 2. The Morgan fingerprint density at radius 3 is 2.47 bits per heavy atom. The quantitative estimate of drug-likeness (QED) is 0.607. The average Bonchev–Trinajstić information content (AvgIpc) is 2.47. The highest BCUT2D eigenvalue weighted by atomic mass is 16.6. The van der Waals surface area contributed by atoms with Gasteiger partial charge in [0.05, 0.1) is 20.8 Å². The Labute approximate surface area is 111 Å². The number of benzene rings is 1. The number of carbonyl (C=O) groups excluding carboxylic acids is 2. The minimum Gasteiger partial charge on any atom is -0.468 e. The monoisotopic (exact) mass is 264 g/mol. The third-order valence-electron chi connectivity index (χ3n) is 3.24. The second-order valence-corrected chi connectivity index (χ2v) is 4.26. The van der Waals surface area contributed by atoms with Crippen LogP contribution in [0.25, 0.3) is 0 Å². The van der Waals surface area contributed by atoms with Gasteiger partial charge in [-0.1, -0.05) is 24.3 Å². The minimum absolute atomic E-state index is 0.464. The fourth-order valence-electron chi connectivity index (χ4n) is 2.30. The molecule has 2 rings (SSSR count). The SMILES string of the molecule is COC(=O)C(C(=O)OC)C1OCCc2ccccc21. The van der Waals surface area contributed by atoms with Crippen LogP contribution >= 0.6 is 0 Å². The van der Waals surface area contributed by atoms with Gasteiger partial charge in [-0.05, 0) is 17.5 Å². The summed E-state index contributed by atoms with van der Waals surface area (Å²) in [5, 5.41) is 0. The van der Waals surface area contributed by atoms with Crippen molar-refractivity contribution in [3.05, 3.63) is 35.4 Å². The molecule has 0 radical (unpaired) electrons. The number of ether oxygens (including phenoxy) is 3. The molecule has 5 heteroatoms. The number of hydrogen-bond donors (Lipinski definition) is 0. The molecule has 19 heavy (non-hydrogen) atoms. The van der Waals surface area contributed by atoms with Gasteiger partial charge in [0.15, 0.2) is 5.92 Å². The average molecular weight is 264 g/mol. The molecule has 0 saturated carbocycles. The topological polar surface area (TPSA) is 61.8 Å². The van der Waals surface area contributed by atoms with Crippen molar-refractivity contribution >= 4 is 11.9 Å². The first-order valence-electron chi connectivity index (χ1n) is 6.04. The summed E-state index contributed by atoms with van der Waals surface area (Å²) in [6.07, 6.45) is 0.117. The molecule has 102 valence electrons. The molecule has 0 N–H and O–H groups in total. The van der Waals surface area contributed by atoms with E-state index in [0.29, 0.717) is 6.61 Å². The van der Waals surface area contributed by atoms with Gasteiger partial charge in [0.1, 0.15) is 6.10 Å². The Kier molecular flexibility index (Phi) is 4.16. The summed E-state index contributed by atoms with van der Waals surface area (Å²) in [5.41, 5.74) is 1.92. The molecule has 0 amide bonds. The molecule has 1 atom stereocenters. The molecule has 0 fully saturated rings. The first-order chi connectivity index (χ1) is 9.19. The zero-order chi connectivity index (χ0) is 13.8. The van der Waals surface area contributed by atoms with Crippen LogP contribution in [0.15, 0.2) is 24.3 Å². The fraction of sp³-hybridized carbons (Fsp3) is 0.429. The molecule has 0 saturated heterocycles. The van der Waals surface area contributed by atoms with Crippen molar-refractivity contribution in [1.82, 2.24) is 0 Å². The zero-order valence-corrected chi connectivity index (χ0v) is 10.9. The first kappa shape index (κ1) is 13.5. The summed E-state index contributed by atoms with van der Waals surface area (Å²) in [4.78, 5) is 23.6. The van der Waals surface area contributed by atoms with Crippen molar-refractivity contribution in [3.8, 4) is 0 Å². The van der Waals surface area contributed by atoms with Crippen molar-refractivity contribution in [2.24, 2.45) is 5.92 Å². The standard InChI is InChI=1S/C14H16O5/c1-17-13(15)11(14(16)18-2)12-10-6-4-3-5-9(10)7-8-19-12/h3-6,11-12H,7-8H2,1-2H3. The van der Waals surface area contributed by atoms with Crippen LogP contribution in [0, 0.1) is 5.92 Å². The Balaban J connectivity index is 2.38. The number of esters is 2. The molecule has 0 spiro atoms. The lowest BCUT2D eigenvalue weighted by molar-refractivity contribution is -0.167. The van der Waals surface area contributed by atoms with E-state index in [1.54, 1.807) is 0 Å². The molecule has 1 unspecified atom stereocenters. The summed E-state index contributed by atoms with van der Waals surface area (Å²) < 4.78 is 15.0. The van der Waals surface area contributed by atoms with Gasteiger partial charge in [-0.2, -0.15) is 0 Å². The second kappa shape index (κ2) is 5.84. The molecule has 1 aliphatic heterocycles. The van der Waals surface area contributed by atoms with E-state index in [2.05, 4.69) is 9.47 Å². The summed E-state index contributed by atoms with van der Waals surface area (Å²) in [7, 11) is 2.49. The first-order valence-corrected chi connectivity index (χ1v) is 6.04. The van der Waals surface area contributed by atoms with Gasteiger partial charge in [0.25, 0.3) is 0 Å². The third kappa shape index (κ3) is 2.61. The molecule has 0 aliphatic carbocycles. The van der Waals surface area contributed by atoms with Crippen molar-refractivity contribution in [3.63, 3.8) is 0 Å². The molecule has 1 aliphatic rings. The van der Waals surface area contributed by atoms with E-state index >= 15 is 0 Å². The van der Waals surface area contributed by atoms with Crippen LogP contribution < -0.4 is 0 Å². The number of fused-ring (bicyclic) bond motifs is 1. The van der Waals surface area contributed by atoms with Gasteiger partial charge in [-0.25, -0.2) is 0 Å². The van der Waals surface area contributed by atoms with Crippen LogP contribution in [0.2, 0.25) is 0 Å². The lowest BCUT2D eigenvalue weighted by atomic mass is 9.89. The van der Waals surface area contributed by atoms with E-state index in [9.17, 15) is 9.59 Å². The van der Waals surface area contributed by atoms with E-state index in [1.165, 1.54) is 14.2 Å². The van der Waals surface area contributed by atoms with Gasteiger partial charge in [0, 0.05) is 0 Å². The van der Waals surface area contributed by atoms with Gasteiger partial charge >= 0.3 is 11.9 Å². The summed E-state index contributed by atoms with van der Waals surface area (Å²) in [5.74, 6) is -2.38. The summed E-state index contributed by atoms with van der Waals surface area (Å²) in [6, 6.07) is 7.60. The Bertz CT molecular complexity index is 466. The van der Waals surface area contributed by atoms with Crippen molar-refractivity contribution in [2.45, 2.75) is 12.5 Å². The maximum atomic E-state index is 11.8. The molecule has 5 nitrogen and oxygen atoms in total. The van der Waals surface area contributed by atoms with Gasteiger partial charge in [-0.15, -0.1) is 0 Å². The van der Waals surface area contributed by atoms with Crippen LogP contribution in [0.1, 0.15) is 17.2 Å². The van der Waals surface area contributed by atoms with Gasteiger partial charge < -0.3 is 14.2 Å².